The van der Waals surface area contributed by atoms with Crippen LogP contribution in [0.3, 0.4) is 0 Å². The minimum Gasteiger partial charge on any atom is -0.482 e. The highest BCUT2D eigenvalue weighted by Gasteiger charge is 2.30. The highest BCUT2D eigenvalue weighted by atomic mass is 19.4. The largest absolute Gasteiger partial charge is 0.482 e. The summed E-state index contributed by atoms with van der Waals surface area (Å²) in [7, 11) is 0. The first-order chi connectivity index (χ1) is 18.9. The van der Waals surface area contributed by atoms with Crippen LogP contribution in [0.2, 0.25) is 0 Å². The van der Waals surface area contributed by atoms with Gasteiger partial charge in [0.2, 0.25) is 0 Å². The van der Waals surface area contributed by atoms with Gasteiger partial charge in [-0.05, 0) is 79.3 Å². The van der Waals surface area contributed by atoms with E-state index in [1.165, 1.54) is 6.07 Å². The summed E-state index contributed by atoms with van der Waals surface area (Å²) in [5, 5.41) is 19.9. The number of carbonyl (C=O) groups is 2. The standard InChI is InChI=1S/C29H29F4N3O4/c1-19-17-20(9-14-25(19)40-18-27(37)38)5-4-8-26(34)36(16-15-21-6-2-3-7-24(21)30)28(39)35-23-12-10-22(11-13-23)29(31,32)33/h2-3,6-7,9-14,17,34H,4-5,8,15-16,18H2,1H3,(H,35,39)(H,37,38). The molecule has 2 amide bonds. The van der Waals surface area contributed by atoms with Gasteiger partial charge in [0.25, 0.3) is 0 Å². The summed E-state index contributed by atoms with van der Waals surface area (Å²) in [6, 6.07) is 14.7. The van der Waals surface area contributed by atoms with Crippen LogP contribution >= 0.6 is 0 Å². The van der Waals surface area contributed by atoms with Gasteiger partial charge in [0.05, 0.1) is 5.56 Å². The molecule has 0 aromatic heterocycles. The molecule has 0 bridgehead atoms. The van der Waals surface area contributed by atoms with Gasteiger partial charge in [-0.2, -0.15) is 13.2 Å². The fraction of sp³-hybridized carbons (Fsp3) is 0.276. The molecule has 0 radical (unpaired) electrons. The van der Waals surface area contributed by atoms with Gasteiger partial charge in [-0.1, -0.05) is 30.3 Å². The monoisotopic (exact) mass is 559 g/mol. The summed E-state index contributed by atoms with van der Waals surface area (Å²) in [5.41, 5.74) is 1.33. The lowest BCUT2D eigenvalue weighted by Crippen LogP contribution is -2.41. The van der Waals surface area contributed by atoms with Crippen LogP contribution in [-0.4, -0.2) is 41.0 Å². The number of nitrogens with zero attached hydrogens (tertiary/aromatic N) is 1. The van der Waals surface area contributed by atoms with Gasteiger partial charge in [-0.25, -0.2) is 14.0 Å². The molecule has 0 spiro atoms. The number of carboxylic acids is 1. The lowest BCUT2D eigenvalue weighted by atomic mass is 10.0. The molecule has 0 aliphatic rings. The van der Waals surface area contributed by atoms with Crippen molar-refractivity contribution in [3.05, 3.63) is 94.8 Å². The number of hydrogen-bond acceptors (Lipinski definition) is 4. The minimum absolute atomic E-state index is 0.0129. The zero-order valence-electron chi connectivity index (χ0n) is 21.7. The molecule has 40 heavy (non-hydrogen) atoms. The Bertz CT molecular complexity index is 1340. The molecule has 3 N–H and O–H groups in total. The second-order valence-corrected chi connectivity index (χ2v) is 9.08. The van der Waals surface area contributed by atoms with E-state index in [0.29, 0.717) is 24.2 Å². The average molecular weight is 560 g/mol. The van der Waals surface area contributed by atoms with Crippen LogP contribution in [0.15, 0.2) is 66.7 Å². The van der Waals surface area contributed by atoms with E-state index >= 15 is 0 Å². The molecular formula is C29H29F4N3O4. The summed E-state index contributed by atoms with van der Waals surface area (Å²) in [4.78, 5) is 24.9. The summed E-state index contributed by atoms with van der Waals surface area (Å²) in [6.45, 7) is 1.33. The fourth-order valence-electron chi connectivity index (χ4n) is 3.99. The topological polar surface area (TPSA) is 103 Å². The molecular weight excluding hydrogens is 530 g/mol. The van der Waals surface area contributed by atoms with E-state index < -0.39 is 36.2 Å². The van der Waals surface area contributed by atoms with Crippen molar-refractivity contribution < 1.29 is 37.0 Å². The average Bonchev–Trinajstić information content (AvgIpc) is 2.89. The van der Waals surface area contributed by atoms with Crippen molar-refractivity contribution in [2.75, 3.05) is 18.5 Å². The first-order valence-corrected chi connectivity index (χ1v) is 12.4. The Labute approximate surface area is 228 Å². The molecule has 11 heteroatoms. The SMILES string of the molecule is Cc1cc(CCCC(=N)N(CCc2ccccc2F)C(=O)Nc2ccc(C(F)(F)F)cc2)ccc1OCC(=O)O. The number of aliphatic carboxylic acids is 1. The van der Waals surface area contributed by atoms with Crippen molar-refractivity contribution in [3.63, 3.8) is 0 Å². The predicted molar refractivity (Wildman–Crippen MR) is 142 cm³/mol. The van der Waals surface area contributed by atoms with Crippen LogP contribution in [0.25, 0.3) is 0 Å². The van der Waals surface area contributed by atoms with Gasteiger partial charge in [-0.3, -0.25) is 10.3 Å². The molecule has 0 saturated carbocycles. The predicted octanol–water partition coefficient (Wildman–Crippen LogP) is 6.69. The zero-order chi connectivity index (χ0) is 29.3. The lowest BCUT2D eigenvalue weighted by Gasteiger charge is -2.24. The molecule has 3 aromatic rings. The molecule has 0 aliphatic carbocycles. The van der Waals surface area contributed by atoms with Crippen LogP contribution in [0.1, 0.15) is 35.1 Å². The molecule has 0 aliphatic heterocycles. The number of urea groups is 1. The lowest BCUT2D eigenvalue weighted by molar-refractivity contribution is -0.139. The molecule has 0 atom stereocenters. The number of anilines is 1. The van der Waals surface area contributed by atoms with E-state index in [4.69, 9.17) is 15.3 Å². The molecule has 3 rings (SSSR count). The quantitative estimate of drug-likeness (QED) is 0.138. The molecule has 0 unspecified atom stereocenters. The third kappa shape index (κ3) is 8.82. The highest BCUT2D eigenvalue weighted by Crippen LogP contribution is 2.30. The summed E-state index contributed by atoms with van der Waals surface area (Å²) in [6.07, 6.45) is -3.12. The number of nitrogens with one attached hydrogen (secondary N) is 2. The third-order valence-corrected chi connectivity index (χ3v) is 6.07. The van der Waals surface area contributed by atoms with E-state index in [-0.39, 0.29) is 30.9 Å². The third-order valence-electron chi connectivity index (χ3n) is 6.07. The maximum absolute atomic E-state index is 14.2. The van der Waals surface area contributed by atoms with Gasteiger partial charge in [0, 0.05) is 18.7 Å². The molecule has 3 aromatic carbocycles. The molecule has 0 heterocycles. The number of alkyl halides is 3. The van der Waals surface area contributed by atoms with Crippen LogP contribution in [0, 0.1) is 18.2 Å². The normalized spacial score (nSPS) is 11.1. The molecule has 0 saturated heterocycles. The molecule has 0 fully saturated rings. The number of amides is 2. The number of ether oxygens (including phenoxy) is 1. The zero-order valence-corrected chi connectivity index (χ0v) is 21.7. The van der Waals surface area contributed by atoms with E-state index in [2.05, 4.69) is 5.32 Å². The number of halogens is 4. The van der Waals surface area contributed by atoms with Crippen molar-refractivity contribution in [2.24, 2.45) is 0 Å². The van der Waals surface area contributed by atoms with Gasteiger partial charge in [0.15, 0.2) is 6.61 Å². The fourth-order valence-corrected chi connectivity index (χ4v) is 3.99. The summed E-state index contributed by atoms with van der Waals surface area (Å²) in [5.74, 6) is -1.09. The van der Waals surface area contributed by atoms with Crippen LogP contribution in [0.4, 0.5) is 28.0 Å². The minimum atomic E-state index is -4.51. The van der Waals surface area contributed by atoms with Crippen molar-refractivity contribution in [3.8, 4) is 5.75 Å². The Hall–Kier alpha value is -4.41. The van der Waals surface area contributed by atoms with Gasteiger partial charge < -0.3 is 15.2 Å². The number of amidine groups is 1. The first kappa shape index (κ1) is 30.1. The van der Waals surface area contributed by atoms with Crippen LogP contribution < -0.4 is 10.1 Å². The Morgan fingerprint density at radius 2 is 1.73 bits per heavy atom. The Kier molecular flexibility index (Phi) is 10.2. The second kappa shape index (κ2) is 13.6. The Morgan fingerprint density at radius 3 is 2.35 bits per heavy atom. The van der Waals surface area contributed by atoms with E-state index in [0.717, 1.165) is 40.3 Å². The second-order valence-electron chi connectivity index (χ2n) is 9.08. The van der Waals surface area contributed by atoms with Crippen molar-refractivity contribution >= 4 is 23.5 Å². The first-order valence-electron chi connectivity index (χ1n) is 12.4. The van der Waals surface area contributed by atoms with Gasteiger partial charge in [-0.15, -0.1) is 0 Å². The maximum atomic E-state index is 14.2. The van der Waals surface area contributed by atoms with E-state index in [1.54, 1.807) is 37.3 Å². The van der Waals surface area contributed by atoms with Gasteiger partial charge >= 0.3 is 18.2 Å². The highest BCUT2D eigenvalue weighted by molar-refractivity contribution is 6.02. The molecule has 212 valence electrons. The van der Waals surface area contributed by atoms with Crippen molar-refractivity contribution in [2.45, 2.75) is 38.8 Å². The van der Waals surface area contributed by atoms with Crippen molar-refractivity contribution in [1.29, 1.82) is 5.41 Å². The maximum Gasteiger partial charge on any atom is 0.416 e. The van der Waals surface area contributed by atoms with Crippen LogP contribution in [0.5, 0.6) is 5.75 Å². The number of carboxylic acid groups (broad SMARTS) is 1. The number of aryl methyl sites for hydroxylation is 2. The van der Waals surface area contributed by atoms with Crippen LogP contribution in [-0.2, 0) is 23.8 Å². The number of hydrogen-bond donors (Lipinski definition) is 3. The number of carbonyl (C=O) groups excluding carboxylic acids is 1. The van der Waals surface area contributed by atoms with E-state index in [9.17, 15) is 27.2 Å². The Morgan fingerprint density at radius 1 is 1.02 bits per heavy atom. The Balaban J connectivity index is 1.66. The molecule has 7 nitrogen and oxygen atoms in total. The number of rotatable bonds is 11. The van der Waals surface area contributed by atoms with Gasteiger partial charge in [0.1, 0.15) is 17.4 Å². The summed E-state index contributed by atoms with van der Waals surface area (Å²) < 4.78 is 58.0. The van der Waals surface area contributed by atoms with E-state index in [1.807, 2.05) is 6.07 Å². The smallest absolute Gasteiger partial charge is 0.416 e. The summed E-state index contributed by atoms with van der Waals surface area (Å²) >= 11 is 0. The number of benzene rings is 3. The van der Waals surface area contributed by atoms with Crippen molar-refractivity contribution in [1.82, 2.24) is 4.90 Å².